The number of nitrogens with zero attached hydrogens (tertiary/aromatic N) is 3. The number of carbonyl (C=O) groups is 1. The summed E-state index contributed by atoms with van der Waals surface area (Å²) in [6.07, 6.45) is 4.90. The fourth-order valence-electron chi connectivity index (χ4n) is 4.70. The maximum absolute atomic E-state index is 13.5. The van der Waals surface area contributed by atoms with Crippen molar-refractivity contribution in [2.75, 3.05) is 25.2 Å². The minimum atomic E-state index is -0.148. The minimum Gasteiger partial charge on any atom is -0.494 e. The van der Waals surface area contributed by atoms with Crippen LogP contribution < -0.4 is 14.4 Å². The smallest absolute Gasteiger partial charge is 0.281 e. The number of hydrogen-bond acceptors (Lipinski definition) is 4. The van der Waals surface area contributed by atoms with E-state index in [-0.39, 0.29) is 5.91 Å². The number of ether oxygens (including phenoxy) is 2. The van der Waals surface area contributed by atoms with Crippen molar-refractivity contribution in [3.8, 4) is 11.5 Å². The van der Waals surface area contributed by atoms with Gasteiger partial charge in [-0.1, -0.05) is 36.4 Å². The standard InChI is InChI=1S/C31H31N3O3S/c1-4-36-25-16-14-24(15-17-25)34-30(35)28(32(3)31(34)38)20-23-21-33(27-12-7-6-11-26(23)27)18-9-19-37-29-13-8-5-10-22(29)2/h5-8,10-17,20-21H,4,9,18-19H2,1-3H3/b28-20-. The lowest BCUT2D eigenvalue weighted by Gasteiger charge is -2.16. The monoisotopic (exact) mass is 525 g/mol. The number of hydrogen-bond donors (Lipinski definition) is 0. The van der Waals surface area contributed by atoms with Gasteiger partial charge in [0.2, 0.25) is 0 Å². The third-order valence-corrected chi connectivity index (χ3v) is 7.13. The molecule has 0 spiro atoms. The normalized spacial score (nSPS) is 14.7. The van der Waals surface area contributed by atoms with E-state index in [2.05, 4.69) is 35.9 Å². The van der Waals surface area contributed by atoms with Crippen molar-refractivity contribution < 1.29 is 14.3 Å². The maximum Gasteiger partial charge on any atom is 0.281 e. The van der Waals surface area contributed by atoms with Crippen molar-refractivity contribution in [2.24, 2.45) is 0 Å². The molecular weight excluding hydrogens is 494 g/mol. The quantitative estimate of drug-likeness (QED) is 0.143. The van der Waals surface area contributed by atoms with Crippen molar-refractivity contribution in [1.29, 1.82) is 0 Å². The molecule has 7 heteroatoms. The summed E-state index contributed by atoms with van der Waals surface area (Å²) in [6.45, 7) is 6.01. The van der Waals surface area contributed by atoms with Crippen LogP contribution in [0.25, 0.3) is 17.0 Å². The van der Waals surface area contributed by atoms with Gasteiger partial charge in [-0.05, 0) is 80.5 Å². The third-order valence-electron chi connectivity index (χ3n) is 6.67. The lowest BCUT2D eigenvalue weighted by Crippen LogP contribution is -2.31. The average molecular weight is 526 g/mol. The Morgan fingerprint density at radius 1 is 0.947 bits per heavy atom. The van der Waals surface area contributed by atoms with Gasteiger partial charge in [0, 0.05) is 36.3 Å². The van der Waals surface area contributed by atoms with Gasteiger partial charge in [0.15, 0.2) is 5.11 Å². The van der Waals surface area contributed by atoms with E-state index in [0.29, 0.717) is 24.0 Å². The van der Waals surface area contributed by atoms with Crippen LogP contribution in [0.1, 0.15) is 24.5 Å². The third kappa shape index (κ3) is 5.02. The number of rotatable bonds is 9. The van der Waals surface area contributed by atoms with Gasteiger partial charge in [0.1, 0.15) is 17.2 Å². The Balaban J connectivity index is 1.37. The lowest BCUT2D eigenvalue weighted by molar-refractivity contribution is -0.114. The molecule has 2 heterocycles. The molecule has 38 heavy (non-hydrogen) atoms. The van der Waals surface area contributed by atoms with E-state index in [9.17, 15) is 4.79 Å². The van der Waals surface area contributed by atoms with Crippen molar-refractivity contribution in [1.82, 2.24) is 9.47 Å². The Hall–Kier alpha value is -4.10. The largest absolute Gasteiger partial charge is 0.494 e. The summed E-state index contributed by atoms with van der Waals surface area (Å²) in [6, 6.07) is 23.7. The molecule has 0 saturated carbocycles. The molecule has 1 amide bonds. The van der Waals surface area contributed by atoms with Crippen LogP contribution in [0, 0.1) is 6.92 Å². The van der Waals surface area contributed by atoms with E-state index in [0.717, 1.165) is 52.2 Å². The highest BCUT2D eigenvalue weighted by atomic mass is 32.1. The number of likely N-dealkylation sites (N-methyl/N-ethyl adjacent to an activating group) is 1. The van der Waals surface area contributed by atoms with Gasteiger partial charge in [-0.3, -0.25) is 9.69 Å². The summed E-state index contributed by atoms with van der Waals surface area (Å²) in [7, 11) is 1.84. The highest BCUT2D eigenvalue weighted by Crippen LogP contribution is 2.31. The van der Waals surface area contributed by atoms with Gasteiger partial charge in [-0.15, -0.1) is 0 Å². The molecule has 1 saturated heterocycles. The van der Waals surface area contributed by atoms with Crippen molar-refractivity contribution in [2.45, 2.75) is 26.8 Å². The Morgan fingerprint density at radius 3 is 2.45 bits per heavy atom. The van der Waals surface area contributed by atoms with Gasteiger partial charge >= 0.3 is 0 Å². The highest BCUT2D eigenvalue weighted by molar-refractivity contribution is 7.80. The van der Waals surface area contributed by atoms with Gasteiger partial charge in [-0.25, -0.2) is 0 Å². The number of benzene rings is 3. The first-order valence-corrected chi connectivity index (χ1v) is 13.2. The van der Waals surface area contributed by atoms with Gasteiger partial charge in [-0.2, -0.15) is 0 Å². The SMILES string of the molecule is CCOc1ccc(N2C(=O)/C(=C/c3cn(CCCOc4ccccc4C)c4ccccc34)N(C)C2=S)cc1. The molecule has 1 fully saturated rings. The van der Waals surface area contributed by atoms with Crippen LogP contribution in [-0.2, 0) is 11.3 Å². The zero-order valence-corrected chi connectivity index (χ0v) is 22.7. The fraction of sp³-hybridized carbons (Fsp3) is 0.226. The maximum atomic E-state index is 13.5. The number of thiocarbonyl (C=S) groups is 1. The van der Waals surface area contributed by atoms with Crippen LogP contribution in [0.2, 0.25) is 0 Å². The molecule has 0 bridgehead atoms. The summed E-state index contributed by atoms with van der Waals surface area (Å²) in [5.74, 6) is 1.53. The predicted molar refractivity (Wildman–Crippen MR) is 157 cm³/mol. The summed E-state index contributed by atoms with van der Waals surface area (Å²) in [5, 5.41) is 1.54. The number of amides is 1. The molecule has 1 aliphatic rings. The Bertz CT molecular complexity index is 1510. The van der Waals surface area contributed by atoms with E-state index in [1.165, 1.54) is 0 Å². The zero-order chi connectivity index (χ0) is 26.6. The Kier molecular flexibility index (Phi) is 7.47. The molecule has 0 unspecified atom stereocenters. The first-order valence-electron chi connectivity index (χ1n) is 12.8. The lowest BCUT2D eigenvalue weighted by atomic mass is 10.1. The number of fused-ring (bicyclic) bond motifs is 1. The van der Waals surface area contributed by atoms with E-state index in [4.69, 9.17) is 21.7 Å². The number of aromatic nitrogens is 1. The summed E-state index contributed by atoms with van der Waals surface area (Å²) in [5.41, 5.74) is 4.49. The van der Waals surface area contributed by atoms with Gasteiger partial charge in [0.05, 0.1) is 18.9 Å². The van der Waals surface area contributed by atoms with Crippen LogP contribution in [-0.4, -0.2) is 40.7 Å². The number of carbonyl (C=O) groups excluding carboxylic acids is 1. The predicted octanol–water partition coefficient (Wildman–Crippen LogP) is 6.42. The molecular formula is C31H31N3O3S. The number of aryl methyl sites for hydroxylation is 2. The molecule has 1 aliphatic heterocycles. The number of anilines is 1. The average Bonchev–Trinajstić information content (AvgIpc) is 3.38. The topological polar surface area (TPSA) is 46.9 Å². The van der Waals surface area contributed by atoms with Crippen LogP contribution >= 0.6 is 12.2 Å². The fourth-order valence-corrected chi connectivity index (χ4v) is 4.99. The highest BCUT2D eigenvalue weighted by Gasteiger charge is 2.37. The first-order chi connectivity index (χ1) is 18.5. The molecule has 0 N–H and O–H groups in total. The molecule has 6 nitrogen and oxygen atoms in total. The molecule has 0 aliphatic carbocycles. The van der Waals surface area contributed by atoms with Crippen molar-refractivity contribution in [3.05, 3.63) is 95.8 Å². The molecule has 3 aromatic carbocycles. The van der Waals surface area contributed by atoms with Crippen LogP contribution in [0.3, 0.4) is 0 Å². The summed E-state index contributed by atoms with van der Waals surface area (Å²) >= 11 is 5.66. The van der Waals surface area contributed by atoms with Crippen LogP contribution in [0.5, 0.6) is 11.5 Å². The summed E-state index contributed by atoms with van der Waals surface area (Å²) in [4.78, 5) is 16.9. The molecule has 5 rings (SSSR count). The van der Waals surface area contributed by atoms with Crippen molar-refractivity contribution in [3.63, 3.8) is 0 Å². The second-order valence-corrected chi connectivity index (χ2v) is 9.57. The van der Waals surface area contributed by atoms with Gasteiger partial charge in [0.25, 0.3) is 5.91 Å². The first kappa shape index (κ1) is 25.5. The summed E-state index contributed by atoms with van der Waals surface area (Å²) < 4.78 is 13.8. The molecule has 0 radical (unpaired) electrons. The second-order valence-electron chi connectivity index (χ2n) is 9.20. The zero-order valence-electron chi connectivity index (χ0n) is 21.9. The molecule has 0 atom stereocenters. The number of para-hydroxylation sites is 2. The second kappa shape index (κ2) is 11.1. The van der Waals surface area contributed by atoms with Crippen molar-refractivity contribution >= 4 is 45.9 Å². The molecule has 1 aromatic heterocycles. The van der Waals surface area contributed by atoms with E-state index >= 15 is 0 Å². The molecule has 4 aromatic rings. The van der Waals surface area contributed by atoms with Crippen LogP contribution in [0.15, 0.2) is 84.7 Å². The van der Waals surface area contributed by atoms with E-state index in [1.54, 1.807) is 9.80 Å². The Labute approximate surface area is 228 Å². The van der Waals surface area contributed by atoms with Gasteiger partial charge < -0.3 is 18.9 Å². The molecule has 194 valence electrons. The Morgan fingerprint density at radius 2 is 1.68 bits per heavy atom. The van der Waals surface area contributed by atoms with E-state index < -0.39 is 0 Å². The van der Waals surface area contributed by atoms with E-state index in [1.807, 2.05) is 74.6 Å². The van der Waals surface area contributed by atoms with Crippen LogP contribution in [0.4, 0.5) is 5.69 Å². The minimum absolute atomic E-state index is 0.148.